The zero-order valence-corrected chi connectivity index (χ0v) is 13.3. The molecule has 1 fully saturated rings. The maximum absolute atomic E-state index is 12.3. The molecule has 2 heterocycles. The Kier molecular flexibility index (Phi) is 5.25. The van der Waals surface area contributed by atoms with Gasteiger partial charge in [-0.2, -0.15) is 4.31 Å². The van der Waals surface area contributed by atoms with Crippen molar-refractivity contribution >= 4 is 33.0 Å². The molecule has 0 unspecified atom stereocenters. The molecule has 0 spiro atoms. The average Bonchev–Trinajstić information content (AvgIpc) is 2.75. The van der Waals surface area contributed by atoms with E-state index in [1.165, 1.54) is 15.6 Å². The normalized spacial score (nSPS) is 18.1. The quantitative estimate of drug-likeness (QED) is 0.903. The summed E-state index contributed by atoms with van der Waals surface area (Å²) in [6, 6.07) is 3.68. The predicted octanol–water partition coefficient (Wildman–Crippen LogP) is 2.16. The molecule has 1 saturated heterocycles. The second-order valence-corrected chi connectivity index (χ2v) is 8.85. The fourth-order valence-corrected chi connectivity index (χ4v) is 4.97. The number of piperidine rings is 1. The summed E-state index contributed by atoms with van der Waals surface area (Å²) >= 11 is 7.28. The molecule has 0 aromatic carbocycles. The number of hydrogen-bond acceptors (Lipinski definition) is 4. The molecule has 0 bridgehead atoms. The van der Waals surface area contributed by atoms with Gasteiger partial charge in [0.2, 0.25) is 10.0 Å². The van der Waals surface area contributed by atoms with E-state index >= 15 is 0 Å². The van der Waals surface area contributed by atoms with Crippen molar-refractivity contribution in [1.82, 2.24) is 9.62 Å². The van der Waals surface area contributed by atoms with E-state index in [9.17, 15) is 8.42 Å². The fraction of sp³-hybridized carbons (Fsp3) is 0.667. The summed E-state index contributed by atoms with van der Waals surface area (Å²) in [4.78, 5) is 0.974. The van der Waals surface area contributed by atoms with E-state index in [-0.39, 0.29) is 11.7 Å². The van der Waals surface area contributed by atoms with Crippen molar-refractivity contribution in [2.45, 2.75) is 19.4 Å². The zero-order chi connectivity index (χ0) is 13.9. The third-order valence-electron chi connectivity index (χ3n) is 3.39. The van der Waals surface area contributed by atoms with Crippen LogP contribution >= 0.6 is 22.9 Å². The molecular formula is C12H19ClN2O2S2. The molecule has 1 aliphatic heterocycles. The molecule has 4 nitrogen and oxygen atoms in total. The molecule has 0 radical (unpaired) electrons. The molecule has 1 aliphatic rings. The van der Waals surface area contributed by atoms with Gasteiger partial charge in [-0.15, -0.1) is 11.3 Å². The summed E-state index contributed by atoms with van der Waals surface area (Å²) in [6.07, 6.45) is 1.88. The summed E-state index contributed by atoms with van der Waals surface area (Å²) < 4.78 is 26.7. The lowest BCUT2D eigenvalue weighted by molar-refractivity contribution is 0.389. The van der Waals surface area contributed by atoms with Crippen molar-refractivity contribution in [2.75, 3.05) is 25.9 Å². The summed E-state index contributed by atoms with van der Waals surface area (Å²) in [7, 11) is -1.54. The van der Waals surface area contributed by atoms with Crippen molar-refractivity contribution in [3.05, 3.63) is 21.3 Å². The van der Waals surface area contributed by atoms with Gasteiger partial charge in [-0.1, -0.05) is 11.6 Å². The van der Waals surface area contributed by atoms with E-state index in [4.69, 9.17) is 11.6 Å². The van der Waals surface area contributed by atoms with Gasteiger partial charge in [0.05, 0.1) is 10.1 Å². The SMILES string of the molecule is CN(Cc1ccc(Cl)s1)S(=O)(=O)CC1CCNCC1. The van der Waals surface area contributed by atoms with Gasteiger partial charge in [0.1, 0.15) is 0 Å². The van der Waals surface area contributed by atoms with E-state index in [0.717, 1.165) is 30.8 Å². The van der Waals surface area contributed by atoms with Crippen molar-refractivity contribution in [3.63, 3.8) is 0 Å². The van der Waals surface area contributed by atoms with Gasteiger partial charge < -0.3 is 5.32 Å². The Hall–Kier alpha value is -0.140. The molecule has 1 N–H and O–H groups in total. The van der Waals surface area contributed by atoms with Gasteiger partial charge >= 0.3 is 0 Å². The van der Waals surface area contributed by atoms with E-state index in [0.29, 0.717) is 10.9 Å². The predicted molar refractivity (Wildman–Crippen MR) is 80.2 cm³/mol. The minimum atomic E-state index is -3.18. The first kappa shape index (κ1) is 15.3. The topological polar surface area (TPSA) is 49.4 Å². The van der Waals surface area contributed by atoms with Crippen LogP contribution in [-0.4, -0.2) is 38.6 Å². The average molecular weight is 323 g/mol. The van der Waals surface area contributed by atoms with E-state index < -0.39 is 10.0 Å². The second kappa shape index (κ2) is 6.54. The van der Waals surface area contributed by atoms with Crippen LogP contribution in [0.3, 0.4) is 0 Å². The van der Waals surface area contributed by atoms with Crippen LogP contribution in [0, 0.1) is 5.92 Å². The first-order valence-electron chi connectivity index (χ1n) is 6.36. The third-order valence-corrected chi connectivity index (χ3v) is 6.57. The van der Waals surface area contributed by atoms with E-state index in [2.05, 4.69) is 5.32 Å². The number of hydrogen-bond donors (Lipinski definition) is 1. The molecule has 108 valence electrons. The third kappa shape index (κ3) is 4.43. The van der Waals surface area contributed by atoms with Gasteiger partial charge in [0.25, 0.3) is 0 Å². The number of nitrogens with one attached hydrogen (secondary N) is 1. The second-order valence-electron chi connectivity index (χ2n) is 4.93. The Morgan fingerprint density at radius 1 is 1.42 bits per heavy atom. The number of sulfonamides is 1. The zero-order valence-electron chi connectivity index (χ0n) is 10.9. The minimum Gasteiger partial charge on any atom is -0.317 e. The van der Waals surface area contributed by atoms with Crippen molar-refractivity contribution < 1.29 is 8.42 Å². The molecule has 7 heteroatoms. The maximum Gasteiger partial charge on any atom is 0.214 e. The van der Waals surface area contributed by atoms with Crippen LogP contribution in [0.25, 0.3) is 0 Å². The van der Waals surface area contributed by atoms with Crippen LogP contribution in [-0.2, 0) is 16.6 Å². The summed E-state index contributed by atoms with van der Waals surface area (Å²) in [6.45, 7) is 2.25. The largest absolute Gasteiger partial charge is 0.317 e. The molecule has 2 rings (SSSR count). The lowest BCUT2D eigenvalue weighted by Crippen LogP contribution is -2.36. The molecule has 0 aliphatic carbocycles. The van der Waals surface area contributed by atoms with Crippen LogP contribution < -0.4 is 5.32 Å². The first-order valence-corrected chi connectivity index (χ1v) is 9.16. The molecule has 0 saturated carbocycles. The molecule has 0 atom stereocenters. The Morgan fingerprint density at radius 3 is 2.68 bits per heavy atom. The van der Waals surface area contributed by atoms with Gasteiger partial charge in [0.15, 0.2) is 0 Å². The van der Waals surface area contributed by atoms with Gasteiger partial charge in [-0.25, -0.2) is 8.42 Å². The summed E-state index contributed by atoms with van der Waals surface area (Å²) in [5.41, 5.74) is 0. The lowest BCUT2D eigenvalue weighted by atomic mass is 10.0. The van der Waals surface area contributed by atoms with Crippen LogP contribution in [0.15, 0.2) is 12.1 Å². The standard InChI is InChI=1S/C12H19ClN2O2S2/c1-15(8-11-2-3-12(13)18-11)19(16,17)9-10-4-6-14-7-5-10/h2-3,10,14H,4-9H2,1H3. The molecule has 0 amide bonds. The minimum absolute atomic E-state index is 0.254. The Morgan fingerprint density at radius 2 is 2.11 bits per heavy atom. The van der Waals surface area contributed by atoms with E-state index in [1.807, 2.05) is 6.07 Å². The maximum atomic E-state index is 12.3. The highest BCUT2D eigenvalue weighted by Crippen LogP contribution is 2.24. The fourth-order valence-electron chi connectivity index (χ4n) is 2.23. The smallest absolute Gasteiger partial charge is 0.214 e. The Labute approximate surface area is 123 Å². The first-order chi connectivity index (χ1) is 8.97. The van der Waals surface area contributed by atoms with Crippen LogP contribution in [0.4, 0.5) is 0 Å². The highest BCUT2D eigenvalue weighted by atomic mass is 35.5. The summed E-state index contributed by atoms with van der Waals surface area (Å²) in [5, 5.41) is 3.25. The molecule has 1 aromatic rings. The number of nitrogens with zero attached hydrogens (tertiary/aromatic N) is 1. The van der Waals surface area contributed by atoms with Gasteiger partial charge in [-0.3, -0.25) is 0 Å². The molecule has 1 aromatic heterocycles. The molecule has 19 heavy (non-hydrogen) atoms. The highest BCUT2D eigenvalue weighted by molar-refractivity contribution is 7.89. The highest BCUT2D eigenvalue weighted by Gasteiger charge is 2.25. The van der Waals surface area contributed by atoms with Gasteiger partial charge in [0, 0.05) is 18.5 Å². The number of thiophene rings is 1. The summed E-state index contributed by atoms with van der Waals surface area (Å²) in [5.74, 6) is 0.533. The van der Waals surface area contributed by atoms with Crippen LogP contribution in [0.5, 0.6) is 0 Å². The Bertz CT molecular complexity index is 510. The number of rotatable bonds is 5. The molecular weight excluding hydrogens is 304 g/mol. The van der Waals surface area contributed by atoms with Gasteiger partial charge in [-0.05, 0) is 44.0 Å². The van der Waals surface area contributed by atoms with Crippen LogP contribution in [0.2, 0.25) is 4.34 Å². The monoisotopic (exact) mass is 322 g/mol. The van der Waals surface area contributed by atoms with Crippen LogP contribution in [0.1, 0.15) is 17.7 Å². The van der Waals surface area contributed by atoms with Crippen molar-refractivity contribution in [1.29, 1.82) is 0 Å². The van der Waals surface area contributed by atoms with Crippen molar-refractivity contribution in [3.8, 4) is 0 Å². The van der Waals surface area contributed by atoms with Crippen molar-refractivity contribution in [2.24, 2.45) is 5.92 Å². The van der Waals surface area contributed by atoms with E-state index in [1.54, 1.807) is 13.1 Å². The Balaban J connectivity index is 1.94. The lowest BCUT2D eigenvalue weighted by Gasteiger charge is -2.25. The number of halogens is 1.